The Balaban J connectivity index is 1.88. The summed E-state index contributed by atoms with van der Waals surface area (Å²) in [7, 11) is -0.308. The second-order valence-electron chi connectivity index (χ2n) is 8.62. The van der Waals surface area contributed by atoms with Gasteiger partial charge < -0.3 is 19.7 Å². The molecule has 1 aliphatic rings. The van der Waals surface area contributed by atoms with Gasteiger partial charge in [0.15, 0.2) is 0 Å². The highest BCUT2D eigenvalue weighted by molar-refractivity contribution is 7.91. The van der Waals surface area contributed by atoms with E-state index in [9.17, 15) is 13.2 Å². The van der Waals surface area contributed by atoms with Crippen molar-refractivity contribution in [2.45, 2.75) is 31.7 Å². The second-order valence-corrected chi connectivity index (χ2v) is 10.3. The Morgan fingerprint density at radius 1 is 1.18 bits per heavy atom. The van der Waals surface area contributed by atoms with Crippen LogP contribution in [0.4, 0.5) is 5.69 Å². The number of amides is 1. The van der Waals surface area contributed by atoms with Crippen LogP contribution in [0, 0.1) is 5.92 Å². The van der Waals surface area contributed by atoms with Crippen LogP contribution in [0.5, 0.6) is 5.75 Å². The summed E-state index contributed by atoms with van der Waals surface area (Å²) in [4.78, 5) is 14.9. The number of nitrogens with zero attached hydrogens (tertiary/aromatic N) is 1. The Hall–Kier alpha value is -2.62. The van der Waals surface area contributed by atoms with Crippen LogP contribution in [-0.2, 0) is 20.5 Å². The van der Waals surface area contributed by atoms with Gasteiger partial charge in [0.05, 0.1) is 17.4 Å². The first-order valence-electron chi connectivity index (χ1n) is 11.0. The number of hydrogen-bond acceptors (Lipinski definition) is 6. The van der Waals surface area contributed by atoms with Crippen LogP contribution < -0.4 is 14.8 Å². The van der Waals surface area contributed by atoms with Crippen molar-refractivity contribution >= 4 is 21.6 Å². The Bertz CT molecular complexity index is 1050. The van der Waals surface area contributed by atoms with Crippen molar-refractivity contribution in [3.05, 3.63) is 59.7 Å². The van der Waals surface area contributed by atoms with E-state index in [4.69, 9.17) is 9.47 Å². The summed E-state index contributed by atoms with van der Waals surface area (Å²) in [6.45, 7) is 5.59. The fourth-order valence-electron chi connectivity index (χ4n) is 3.73. The highest BCUT2D eigenvalue weighted by atomic mass is 32.2. The van der Waals surface area contributed by atoms with Crippen LogP contribution in [0.2, 0.25) is 0 Å². The predicted octanol–water partition coefficient (Wildman–Crippen LogP) is 2.72. The van der Waals surface area contributed by atoms with E-state index in [1.54, 1.807) is 55.5 Å². The second kappa shape index (κ2) is 11.0. The number of carbonyl (C=O) groups is 1. The predicted molar refractivity (Wildman–Crippen MR) is 129 cm³/mol. The monoisotopic (exact) mass is 475 g/mol. The van der Waals surface area contributed by atoms with Gasteiger partial charge in [-0.25, -0.2) is 8.42 Å². The average molecular weight is 476 g/mol. The van der Waals surface area contributed by atoms with Gasteiger partial charge in [-0.05, 0) is 36.6 Å². The molecular weight excluding hydrogens is 442 g/mol. The molecule has 0 spiro atoms. The normalized spacial score (nSPS) is 22.5. The molecule has 0 saturated carbocycles. The molecule has 0 unspecified atom stereocenters. The van der Waals surface area contributed by atoms with E-state index in [-0.39, 0.29) is 29.7 Å². The van der Waals surface area contributed by atoms with Crippen LogP contribution >= 0.6 is 0 Å². The van der Waals surface area contributed by atoms with E-state index in [0.29, 0.717) is 35.7 Å². The third kappa shape index (κ3) is 6.93. The van der Waals surface area contributed by atoms with Gasteiger partial charge in [0, 0.05) is 39.0 Å². The number of fused-ring (bicyclic) bond motifs is 1. The van der Waals surface area contributed by atoms with E-state index in [2.05, 4.69) is 17.0 Å². The standard InChI is InChI=1S/C24H33N3O5S/c1-17-13-25-18(2)15-32-22-11-10-20(12-21(22)24(28)27(3)14-23(17)31-4)26-33(29,30)16-19-8-6-5-7-9-19/h5-12,17-18,23,25-26H,13-16H2,1-4H3/t17-,18+,23+/m0/s1. The molecule has 0 aromatic heterocycles. The molecule has 180 valence electrons. The lowest BCUT2D eigenvalue weighted by Crippen LogP contribution is -2.44. The molecule has 0 aliphatic carbocycles. The van der Waals surface area contributed by atoms with Crippen LogP contribution in [0.15, 0.2) is 48.5 Å². The summed E-state index contributed by atoms with van der Waals surface area (Å²) in [5, 5.41) is 3.44. The Kier molecular flexibility index (Phi) is 8.34. The molecule has 1 aliphatic heterocycles. The van der Waals surface area contributed by atoms with Crippen molar-refractivity contribution in [2.24, 2.45) is 5.92 Å². The molecular formula is C24H33N3O5S. The minimum absolute atomic E-state index is 0.0640. The van der Waals surface area contributed by atoms with Gasteiger partial charge in [-0.3, -0.25) is 9.52 Å². The first-order valence-corrected chi connectivity index (χ1v) is 12.7. The SMILES string of the molecule is CO[C@@H]1CN(C)C(=O)c2cc(NS(=O)(=O)Cc3ccccc3)ccc2OC[C@@H](C)NC[C@@H]1C. The van der Waals surface area contributed by atoms with Crippen LogP contribution in [0.1, 0.15) is 29.8 Å². The smallest absolute Gasteiger partial charge is 0.257 e. The van der Waals surface area contributed by atoms with Gasteiger partial charge in [0.1, 0.15) is 12.4 Å². The number of nitrogens with one attached hydrogen (secondary N) is 2. The highest BCUT2D eigenvalue weighted by Crippen LogP contribution is 2.26. The fraction of sp³-hybridized carbons (Fsp3) is 0.458. The number of ether oxygens (including phenoxy) is 2. The number of benzene rings is 2. The molecule has 3 atom stereocenters. The van der Waals surface area contributed by atoms with Gasteiger partial charge >= 0.3 is 0 Å². The third-order valence-corrected chi connectivity index (χ3v) is 6.96. The summed E-state index contributed by atoms with van der Waals surface area (Å²) in [5.41, 5.74) is 1.29. The van der Waals surface area contributed by atoms with Gasteiger partial charge in [-0.1, -0.05) is 37.3 Å². The summed E-state index contributed by atoms with van der Waals surface area (Å²) >= 11 is 0. The van der Waals surface area contributed by atoms with E-state index in [0.717, 1.165) is 6.54 Å². The number of rotatable bonds is 5. The van der Waals surface area contributed by atoms with Gasteiger partial charge in [0.2, 0.25) is 10.0 Å². The third-order valence-electron chi connectivity index (χ3n) is 5.70. The molecule has 3 rings (SSSR count). The summed E-state index contributed by atoms with van der Waals surface area (Å²) < 4.78 is 39.5. The lowest BCUT2D eigenvalue weighted by molar-refractivity contribution is 0.0281. The van der Waals surface area contributed by atoms with Gasteiger partial charge in [-0.2, -0.15) is 0 Å². The summed E-state index contributed by atoms with van der Waals surface area (Å²) in [6, 6.07) is 13.8. The maximum atomic E-state index is 13.3. The van der Waals surface area contributed by atoms with E-state index >= 15 is 0 Å². The summed E-state index contributed by atoms with van der Waals surface area (Å²) in [6.07, 6.45) is -0.144. The average Bonchev–Trinajstić information content (AvgIpc) is 2.78. The molecule has 1 amide bonds. The zero-order valence-corrected chi connectivity index (χ0v) is 20.4. The Morgan fingerprint density at radius 2 is 1.91 bits per heavy atom. The van der Waals surface area contributed by atoms with Crippen molar-refractivity contribution in [2.75, 3.05) is 38.6 Å². The molecule has 0 bridgehead atoms. The minimum atomic E-state index is -3.66. The lowest BCUT2D eigenvalue weighted by Gasteiger charge is -2.30. The number of carbonyl (C=O) groups excluding carboxylic acids is 1. The molecule has 1 heterocycles. The van der Waals surface area contributed by atoms with Crippen molar-refractivity contribution in [1.82, 2.24) is 10.2 Å². The van der Waals surface area contributed by atoms with E-state index in [1.807, 2.05) is 13.0 Å². The zero-order valence-electron chi connectivity index (χ0n) is 19.6. The molecule has 2 N–H and O–H groups in total. The molecule has 2 aromatic rings. The molecule has 0 radical (unpaired) electrons. The molecule has 9 heteroatoms. The number of anilines is 1. The first kappa shape index (κ1) is 25.0. The van der Waals surface area contributed by atoms with Gasteiger partial charge in [-0.15, -0.1) is 0 Å². The summed E-state index contributed by atoms with van der Waals surface area (Å²) in [5.74, 6) is 0.174. The highest BCUT2D eigenvalue weighted by Gasteiger charge is 2.26. The largest absolute Gasteiger partial charge is 0.491 e. The topological polar surface area (TPSA) is 97.0 Å². The van der Waals surface area contributed by atoms with Crippen LogP contribution in [-0.4, -0.2) is 65.2 Å². The molecule has 0 saturated heterocycles. The molecule has 2 aromatic carbocycles. The van der Waals surface area contributed by atoms with Crippen molar-refractivity contribution in [1.29, 1.82) is 0 Å². The van der Waals surface area contributed by atoms with Crippen LogP contribution in [0.3, 0.4) is 0 Å². The Morgan fingerprint density at radius 3 is 2.61 bits per heavy atom. The van der Waals surface area contributed by atoms with Crippen LogP contribution in [0.25, 0.3) is 0 Å². The first-order chi connectivity index (χ1) is 15.7. The van der Waals surface area contributed by atoms with Crippen molar-refractivity contribution in [3.63, 3.8) is 0 Å². The maximum Gasteiger partial charge on any atom is 0.257 e. The van der Waals surface area contributed by atoms with E-state index in [1.165, 1.54) is 6.07 Å². The molecule has 8 nitrogen and oxygen atoms in total. The number of hydrogen-bond donors (Lipinski definition) is 2. The quantitative estimate of drug-likeness (QED) is 0.690. The van der Waals surface area contributed by atoms with E-state index < -0.39 is 10.0 Å². The fourth-order valence-corrected chi connectivity index (χ4v) is 4.92. The zero-order chi connectivity index (χ0) is 24.0. The maximum absolute atomic E-state index is 13.3. The lowest BCUT2D eigenvalue weighted by atomic mass is 10.0. The molecule has 0 fully saturated rings. The number of methoxy groups -OCH3 is 1. The Labute approximate surface area is 196 Å². The minimum Gasteiger partial charge on any atom is -0.491 e. The molecule has 33 heavy (non-hydrogen) atoms. The van der Waals surface area contributed by atoms with Gasteiger partial charge in [0.25, 0.3) is 5.91 Å². The number of likely N-dealkylation sites (N-methyl/N-ethyl adjacent to an activating group) is 1. The van der Waals surface area contributed by atoms with Crippen molar-refractivity contribution < 1.29 is 22.7 Å². The number of sulfonamides is 1. The van der Waals surface area contributed by atoms with Crippen molar-refractivity contribution in [3.8, 4) is 5.75 Å².